The fraction of sp³-hybridized carbons (Fsp3) is 0.300. The number of nitrogens with zero attached hydrogens (tertiary/aromatic N) is 1. The number of halogens is 1. The molecule has 4 heteroatoms. The van der Waals surface area contributed by atoms with Gasteiger partial charge in [-0.15, -0.1) is 22.7 Å². The van der Waals surface area contributed by atoms with Gasteiger partial charge in [-0.05, 0) is 34.7 Å². The summed E-state index contributed by atoms with van der Waals surface area (Å²) in [5.41, 5.74) is -0.116. The lowest BCUT2D eigenvalue weighted by Gasteiger charge is -1.94. The van der Waals surface area contributed by atoms with Crippen LogP contribution >= 0.6 is 45.3 Å². The van der Waals surface area contributed by atoms with E-state index in [-0.39, 0.29) is 5.54 Å². The van der Waals surface area contributed by atoms with E-state index in [9.17, 15) is 0 Å². The van der Waals surface area contributed by atoms with Crippen LogP contribution < -0.4 is 0 Å². The molecule has 2 aromatic heterocycles. The summed E-state index contributed by atoms with van der Waals surface area (Å²) in [5, 5.41) is 0. The molecule has 2 aromatic rings. The number of rotatable bonds is 1. The van der Waals surface area contributed by atoms with E-state index in [0.29, 0.717) is 0 Å². The number of fused-ring (bicyclic) bond motifs is 1. The molecule has 1 nitrogen and oxygen atoms in total. The van der Waals surface area contributed by atoms with Gasteiger partial charge in [0.1, 0.15) is 0 Å². The van der Waals surface area contributed by atoms with Crippen LogP contribution in [0.2, 0.25) is 0 Å². The number of hydrogen-bond donors (Lipinski definition) is 0. The average Bonchev–Trinajstić information content (AvgIpc) is 2.75. The topological polar surface area (TPSA) is 4.36 Å². The molecule has 14 heavy (non-hydrogen) atoms. The van der Waals surface area contributed by atoms with Crippen molar-refractivity contribution in [1.29, 1.82) is 0 Å². The van der Waals surface area contributed by atoms with Gasteiger partial charge in [0.25, 0.3) is 5.54 Å². The van der Waals surface area contributed by atoms with Crippen molar-refractivity contribution in [3.63, 3.8) is 0 Å². The average molecular weight is 331 g/mol. The lowest BCUT2D eigenvalue weighted by atomic mass is 10.2. The summed E-state index contributed by atoms with van der Waals surface area (Å²) >= 11 is 5.98. The van der Waals surface area contributed by atoms with Crippen LogP contribution in [-0.4, -0.2) is 0 Å². The van der Waals surface area contributed by atoms with Crippen molar-refractivity contribution in [2.24, 2.45) is 0 Å². The molecule has 0 N–H and O–H groups in total. The molecule has 0 unspecified atom stereocenters. The number of hydrogen-bond acceptors (Lipinski definition) is 2. The van der Waals surface area contributed by atoms with E-state index in [1.165, 1.54) is 17.2 Å². The second-order valence-corrected chi connectivity index (χ2v) is 7.59. The fourth-order valence-corrected chi connectivity index (χ4v) is 5.11. The van der Waals surface area contributed by atoms with Gasteiger partial charge in [-0.1, -0.05) is 0 Å². The molecule has 1 fully saturated rings. The summed E-state index contributed by atoms with van der Waals surface area (Å²) in [7, 11) is 0. The summed E-state index contributed by atoms with van der Waals surface area (Å²) in [6.45, 7) is 7.21. The lowest BCUT2D eigenvalue weighted by molar-refractivity contribution is 0.913. The minimum absolute atomic E-state index is 0.116. The first-order valence-electron chi connectivity index (χ1n) is 4.31. The molecule has 1 aliphatic carbocycles. The first-order valence-corrected chi connectivity index (χ1v) is 7.03. The Hall–Kier alpha value is -0.120. The monoisotopic (exact) mass is 331 g/mol. The van der Waals surface area contributed by atoms with E-state index >= 15 is 0 Å². The smallest absolute Gasteiger partial charge is 0.267 e. The molecule has 0 aliphatic heterocycles. The third kappa shape index (κ3) is 1.23. The van der Waals surface area contributed by atoms with Gasteiger partial charge in [-0.25, -0.2) is 6.57 Å². The molecular weight excluding hydrogens is 325 g/mol. The van der Waals surface area contributed by atoms with Crippen molar-refractivity contribution in [3.8, 4) is 0 Å². The largest absolute Gasteiger partial charge is 0.304 e. The summed E-state index contributed by atoms with van der Waals surface area (Å²) < 4.78 is 4.04. The highest BCUT2D eigenvalue weighted by Gasteiger charge is 2.53. The summed E-state index contributed by atoms with van der Waals surface area (Å²) in [4.78, 5) is 5.04. The SMILES string of the molecule is [C-]#[N+]C1(c2cc3sc(I)cc3s2)CC1. The quantitative estimate of drug-likeness (QED) is 0.536. The molecule has 0 aromatic carbocycles. The van der Waals surface area contributed by atoms with Crippen LogP contribution in [0.3, 0.4) is 0 Å². The zero-order valence-corrected chi connectivity index (χ0v) is 11.0. The predicted octanol–water partition coefficient (Wildman–Crippen LogP) is 4.48. The molecule has 70 valence electrons. The van der Waals surface area contributed by atoms with E-state index < -0.39 is 0 Å². The third-order valence-corrected chi connectivity index (χ3v) is 5.82. The van der Waals surface area contributed by atoms with Crippen LogP contribution in [0.5, 0.6) is 0 Å². The highest BCUT2D eigenvalue weighted by molar-refractivity contribution is 14.1. The standard InChI is InChI=1S/C10H6INS2/c1-12-10(2-3-10)8-4-6-7(13-8)5-9(11)14-6/h4-5H,2-3H2. The van der Waals surface area contributed by atoms with E-state index in [4.69, 9.17) is 6.57 Å². The van der Waals surface area contributed by atoms with Gasteiger partial charge in [0.05, 0.1) is 7.76 Å². The Bertz CT molecular complexity index is 510. The molecule has 0 amide bonds. The number of thiophene rings is 2. The highest BCUT2D eigenvalue weighted by Crippen LogP contribution is 2.53. The predicted molar refractivity (Wildman–Crippen MR) is 69.9 cm³/mol. The normalized spacial score (nSPS) is 18.3. The first kappa shape index (κ1) is 9.13. The third-order valence-electron chi connectivity index (χ3n) is 2.57. The van der Waals surface area contributed by atoms with Crippen LogP contribution in [0.4, 0.5) is 0 Å². The second-order valence-electron chi connectivity index (χ2n) is 3.53. The maximum Gasteiger partial charge on any atom is 0.267 e. The van der Waals surface area contributed by atoms with Crippen LogP contribution in [0.1, 0.15) is 17.7 Å². The molecular formula is C10H6INS2. The molecule has 3 rings (SSSR count). The minimum atomic E-state index is -0.116. The Kier molecular flexibility index (Phi) is 1.92. The lowest BCUT2D eigenvalue weighted by Crippen LogP contribution is -1.94. The van der Waals surface area contributed by atoms with Gasteiger partial charge in [0, 0.05) is 22.2 Å². The molecule has 0 radical (unpaired) electrons. The zero-order valence-electron chi connectivity index (χ0n) is 7.21. The molecule has 0 atom stereocenters. The Balaban J connectivity index is 2.16. The molecule has 2 heterocycles. The molecule has 1 saturated carbocycles. The van der Waals surface area contributed by atoms with E-state index in [1.54, 1.807) is 11.3 Å². The van der Waals surface area contributed by atoms with Crippen molar-refractivity contribution in [2.75, 3.05) is 0 Å². The van der Waals surface area contributed by atoms with Gasteiger partial charge in [-0.3, -0.25) is 0 Å². The van der Waals surface area contributed by atoms with E-state index in [0.717, 1.165) is 12.8 Å². The van der Waals surface area contributed by atoms with Crippen molar-refractivity contribution < 1.29 is 0 Å². The van der Waals surface area contributed by atoms with Crippen molar-refractivity contribution in [2.45, 2.75) is 18.4 Å². The molecule has 0 saturated heterocycles. The second kappa shape index (κ2) is 2.94. The summed E-state index contributed by atoms with van der Waals surface area (Å²) in [6, 6.07) is 4.44. The van der Waals surface area contributed by atoms with Crippen LogP contribution in [0.15, 0.2) is 12.1 Å². The first-order chi connectivity index (χ1) is 6.73. The van der Waals surface area contributed by atoms with Gasteiger partial charge < -0.3 is 4.85 Å². The van der Waals surface area contributed by atoms with Crippen LogP contribution in [0.25, 0.3) is 14.2 Å². The highest BCUT2D eigenvalue weighted by atomic mass is 127. The van der Waals surface area contributed by atoms with Crippen molar-refractivity contribution >= 4 is 54.7 Å². The Labute approximate surface area is 104 Å². The Morgan fingerprint density at radius 1 is 1.29 bits per heavy atom. The summed E-state index contributed by atoms with van der Waals surface area (Å²) in [5.74, 6) is 0. The van der Waals surface area contributed by atoms with Crippen LogP contribution in [0, 0.1) is 9.46 Å². The Morgan fingerprint density at radius 3 is 2.57 bits per heavy atom. The van der Waals surface area contributed by atoms with Gasteiger partial charge in [-0.2, -0.15) is 0 Å². The minimum Gasteiger partial charge on any atom is -0.304 e. The Morgan fingerprint density at radius 2 is 2.00 bits per heavy atom. The van der Waals surface area contributed by atoms with Gasteiger partial charge in [0.15, 0.2) is 0 Å². The van der Waals surface area contributed by atoms with Gasteiger partial charge >= 0.3 is 0 Å². The van der Waals surface area contributed by atoms with Gasteiger partial charge in [0.2, 0.25) is 0 Å². The summed E-state index contributed by atoms with van der Waals surface area (Å²) in [6.07, 6.45) is 2.11. The van der Waals surface area contributed by atoms with E-state index in [2.05, 4.69) is 39.6 Å². The molecule has 0 bridgehead atoms. The van der Waals surface area contributed by atoms with E-state index in [1.807, 2.05) is 11.3 Å². The molecule has 0 spiro atoms. The maximum absolute atomic E-state index is 7.21. The van der Waals surface area contributed by atoms with Crippen LogP contribution in [-0.2, 0) is 5.54 Å². The maximum atomic E-state index is 7.21. The zero-order chi connectivity index (χ0) is 9.76. The molecule has 1 aliphatic rings. The van der Waals surface area contributed by atoms with Crippen molar-refractivity contribution in [3.05, 3.63) is 31.3 Å². The van der Waals surface area contributed by atoms with Crippen molar-refractivity contribution in [1.82, 2.24) is 0 Å². The fourth-order valence-electron chi connectivity index (χ4n) is 1.57.